The predicted molar refractivity (Wildman–Crippen MR) is 81.0 cm³/mol. The molecule has 0 aliphatic carbocycles. The monoisotopic (exact) mass is 339 g/mol. The highest BCUT2D eigenvalue weighted by molar-refractivity contribution is 9.10. The van der Waals surface area contributed by atoms with E-state index in [4.69, 9.17) is 9.47 Å². The average Bonchev–Trinajstić information content (AvgIpc) is 2.47. The molecule has 0 spiro atoms. The molecule has 3 nitrogen and oxygen atoms in total. The highest BCUT2D eigenvalue weighted by Gasteiger charge is 2.05. The minimum absolute atomic E-state index is 0.240. The maximum absolute atomic E-state index is 13.7. The first-order valence-corrected chi connectivity index (χ1v) is 6.82. The van der Waals surface area contributed by atoms with Crippen LogP contribution in [0.2, 0.25) is 0 Å². The largest absolute Gasteiger partial charge is 0.497 e. The highest BCUT2D eigenvalue weighted by atomic mass is 79.9. The zero-order chi connectivity index (χ0) is 14.5. The van der Waals surface area contributed by atoms with Crippen molar-refractivity contribution in [3.63, 3.8) is 0 Å². The predicted octanol–water partition coefficient (Wildman–Crippen LogP) is 4.22. The molecule has 0 saturated carbocycles. The molecular weight excluding hydrogens is 325 g/mol. The molecule has 5 heteroatoms. The summed E-state index contributed by atoms with van der Waals surface area (Å²) in [7, 11) is 3.18. The van der Waals surface area contributed by atoms with Crippen LogP contribution >= 0.6 is 15.9 Å². The van der Waals surface area contributed by atoms with Crippen LogP contribution < -0.4 is 14.8 Å². The Morgan fingerprint density at radius 1 is 1.05 bits per heavy atom. The fourth-order valence-corrected chi connectivity index (χ4v) is 2.19. The molecule has 0 radical (unpaired) electrons. The van der Waals surface area contributed by atoms with Crippen molar-refractivity contribution in [3.8, 4) is 11.5 Å². The topological polar surface area (TPSA) is 30.5 Å². The van der Waals surface area contributed by atoms with E-state index in [0.29, 0.717) is 23.6 Å². The SMILES string of the molecule is COc1cc(NCc2cc(Br)ccc2F)cc(OC)c1. The Morgan fingerprint density at radius 3 is 2.30 bits per heavy atom. The van der Waals surface area contributed by atoms with Gasteiger partial charge in [-0.3, -0.25) is 0 Å². The minimum atomic E-state index is -0.240. The van der Waals surface area contributed by atoms with Crippen LogP contribution in [0, 0.1) is 5.82 Å². The summed E-state index contributed by atoms with van der Waals surface area (Å²) in [6.45, 7) is 0.377. The fourth-order valence-electron chi connectivity index (χ4n) is 1.79. The van der Waals surface area contributed by atoms with Gasteiger partial charge in [0.05, 0.1) is 14.2 Å². The molecule has 0 aromatic heterocycles. The molecule has 106 valence electrons. The van der Waals surface area contributed by atoms with E-state index in [1.165, 1.54) is 6.07 Å². The van der Waals surface area contributed by atoms with Crippen LogP contribution in [0.3, 0.4) is 0 Å². The normalized spacial score (nSPS) is 10.2. The van der Waals surface area contributed by atoms with Crippen molar-refractivity contribution in [1.82, 2.24) is 0 Å². The maximum Gasteiger partial charge on any atom is 0.128 e. The first-order chi connectivity index (χ1) is 9.62. The molecular formula is C15H15BrFNO2. The first kappa shape index (κ1) is 14.7. The zero-order valence-corrected chi connectivity index (χ0v) is 12.8. The lowest BCUT2D eigenvalue weighted by Crippen LogP contribution is -2.02. The molecule has 0 saturated heterocycles. The van der Waals surface area contributed by atoms with Crippen molar-refractivity contribution in [3.05, 3.63) is 52.3 Å². The van der Waals surface area contributed by atoms with Gasteiger partial charge in [0.2, 0.25) is 0 Å². The molecule has 0 bridgehead atoms. The number of rotatable bonds is 5. The van der Waals surface area contributed by atoms with Gasteiger partial charge < -0.3 is 14.8 Å². The number of anilines is 1. The smallest absolute Gasteiger partial charge is 0.128 e. The standard InChI is InChI=1S/C15H15BrFNO2/c1-19-13-6-12(7-14(8-13)20-2)18-9-10-5-11(16)3-4-15(10)17/h3-8,18H,9H2,1-2H3. The summed E-state index contributed by atoms with van der Waals surface area (Å²) in [5, 5.41) is 3.16. The average molecular weight is 340 g/mol. The van der Waals surface area contributed by atoms with Crippen LogP contribution in [0.5, 0.6) is 11.5 Å². The number of benzene rings is 2. The highest BCUT2D eigenvalue weighted by Crippen LogP contribution is 2.26. The third-order valence-electron chi connectivity index (χ3n) is 2.84. The summed E-state index contributed by atoms with van der Waals surface area (Å²) in [6.07, 6.45) is 0. The van der Waals surface area contributed by atoms with Crippen molar-refractivity contribution < 1.29 is 13.9 Å². The number of halogens is 2. The lowest BCUT2D eigenvalue weighted by Gasteiger charge is -2.11. The third kappa shape index (κ3) is 3.63. The van der Waals surface area contributed by atoms with Crippen LogP contribution in [0.15, 0.2) is 40.9 Å². The number of hydrogen-bond donors (Lipinski definition) is 1. The molecule has 0 amide bonds. The first-order valence-electron chi connectivity index (χ1n) is 6.03. The van der Waals surface area contributed by atoms with Gasteiger partial charge in [0, 0.05) is 40.5 Å². The maximum atomic E-state index is 13.7. The minimum Gasteiger partial charge on any atom is -0.497 e. The van der Waals surface area contributed by atoms with Crippen molar-refractivity contribution in [2.45, 2.75) is 6.54 Å². The molecule has 0 fully saturated rings. The second-order valence-corrected chi connectivity index (χ2v) is 5.11. The van der Waals surface area contributed by atoms with Crippen molar-refractivity contribution in [2.75, 3.05) is 19.5 Å². The molecule has 2 rings (SSSR count). The Morgan fingerprint density at radius 2 is 1.70 bits per heavy atom. The fraction of sp³-hybridized carbons (Fsp3) is 0.200. The zero-order valence-electron chi connectivity index (χ0n) is 11.2. The van der Waals surface area contributed by atoms with Gasteiger partial charge in [0.25, 0.3) is 0 Å². The van der Waals surface area contributed by atoms with E-state index in [0.717, 1.165) is 10.2 Å². The lowest BCUT2D eigenvalue weighted by atomic mass is 10.2. The van der Waals surface area contributed by atoms with Crippen LogP contribution in [0.1, 0.15) is 5.56 Å². The van der Waals surface area contributed by atoms with Gasteiger partial charge >= 0.3 is 0 Å². The van der Waals surface area contributed by atoms with E-state index in [1.807, 2.05) is 12.1 Å². The van der Waals surface area contributed by atoms with Crippen LogP contribution in [-0.2, 0) is 6.54 Å². The van der Waals surface area contributed by atoms with Crippen LogP contribution in [-0.4, -0.2) is 14.2 Å². The number of hydrogen-bond acceptors (Lipinski definition) is 3. The molecule has 2 aromatic rings. The summed E-state index contributed by atoms with van der Waals surface area (Å²) < 4.78 is 24.9. The van der Waals surface area contributed by atoms with Gasteiger partial charge in [-0.05, 0) is 18.2 Å². The molecule has 0 aliphatic rings. The molecule has 20 heavy (non-hydrogen) atoms. The molecule has 0 heterocycles. The Bertz CT molecular complexity index is 582. The van der Waals surface area contributed by atoms with E-state index < -0.39 is 0 Å². The van der Waals surface area contributed by atoms with Crippen LogP contribution in [0.4, 0.5) is 10.1 Å². The Balaban J connectivity index is 2.16. The quantitative estimate of drug-likeness (QED) is 0.884. The summed E-state index contributed by atoms with van der Waals surface area (Å²) in [4.78, 5) is 0. The van der Waals surface area contributed by atoms with Gasteiger partial charge in [-0.1, -0.05) is 15.9 Å². The van der Waals surface area contributed by atoms with Crippen molar-refractivity contribution in [2.24, 2.45) is 0 Å². The van der Waals surface area contributed by atoms with Crippen molar-refractivity contribution in [1.29, 1.82) is 0 Å². The van der Waals surface area contributed by atoms with E-state index in [1.54, 1.807) is 32.4 Å². The van der Waals surface area contributed by atoms with E-state index in [9.17, 15) is 4.39 Å². The van der Waals surface area contributed by atoms with Crippen LogP contribution in [0.25, 0.3) is 0 Å². The second-order valence-electron chi connectivity index (χ2n) is 4.19. The lowest BCUT2D eigenvalue weighted by molar-refractivity contribution is 0.394. The number of ether oxygens (including phenoxy) is 2. The van der Waals surface area contributed by atoms with Gasteiger partial charge in [0.15, 0.2) is 0 Å². The second kappa shape index (κ2) is 6.61. The summed E-state index contributed by atoms with van der Waals surface area (Å²) in [5.41, 5.74) is 1.39. The molecule has 1 N–H and O–H groups in total. The summed E-state index contributed by atoms with van der Waals surface area (Å²) in [5.74, 6) is 1.12. The number of methoxy groups -OCH3 is 2. The summed E-state index contributed by atoms with van der Waals surface area (Å²) in [6, 6.07) is 10.3. The van der Waals surface area contributed by atoms with E-state index in [2.05, 4.69) is 21.2 Å². The Hall–Kier alpha value is -1.75. The third-order valence-corrected chi connectivity index (χ3v) is 3.34. The Labute approximate surface area is 125 Å². The molecule has 0 aliphatic heterocycles. The van der Waals surface area contributed by atoms with Crippen molar-refractivity contribution >= 4 is 21.6 Å². The van der Waals surface area contributed by atoms with Gasteiger partial charge in [0.1, 0.15) is 17.3 Å². The molecule has 0 unspecified atom stereocenters. The Kier molecular flexibility index (Phi) is 4.84. The van der Waals surface area contributed by atoms with E-state index in [-0.39, 0.29) is 5.82 Å². The van der Waals surface area contributed by atoms with Gasteiger partial charge in [-0.15, -0.1) is 0 Å². The molecule has 2 aromatic carbocycles. The van der Waals surface area contributed by atoms with Gasteiger partial charge in [-0.25, -0.2) is 4.39 Å². The number of nitrogens with one attached hydrogen (secondary N) is 1. The summed E-state index contributed by atoms with van der Waals surface area (Å²) >= 11 is 3.33. The van der Waals surface area contributed by atoms with E-state index >= 15 is 0 Å². The molecule has 0 atom stereocenters. The van der Waals surface area contributed by atoms with Gasteiger partial charge in [-0.2, -0.15) is 0 Å².